The summed E-state index contributed by atoms with van der Waals surface area (Å²) in [7, 11) is 0. The zero-order valence-corrected chi connectivity index (χ0v) is 26.4. The van der Waals surface area contributed by atoms with Gasteiger partial charge < -0.3 is 41.9 Å². The predicted octanol–water partition coefficient (Wildman–Crippen LogP) is 0.898. The fraction of sp³-hybridized carbons (Fsp3) is 0.619. The van der Waals surface area contributed by atoms with Crippen molar-refractivity contribution in [2.75, 3.05) is 49.4 Å². The Morgan fingerprint density at radius 3 is 1.66 bits per heavy atom. The number of aldehydes is 1. The van der Waals surface area contributed by atoms with Gasteiger partial charge in [0.2, 0.25) is 11.8 Å². The second-order valence-corrected chi connectivity index (χ2v) is 8.30. The van der Waals surface area contributed by atoms with Crippen LogP contribution in [0.15, 0.2) is 13.9 Å². The van der Waals surface area contributed by atoms with Crippen LogP contribution in [-0.2, 0) is 17.2 Å². The molecule has 4 heterocycles. The molecule has 2 aliphatic heterocycles. The number of hydrogen-bond donors (Lipinski definition) is 8. The Morgan fingerprint density at radius 1 is 0.909 bits per heavy atom. The Bertz CT molecular complexity index is 969. The van der Waals surface area contributed by atoms with Crippen molar-refractivity contribution in [3.05, 3.63) is 11.8 Å². The standard InChI is InChI=1S/C7H12N4O.C4H9N.C3H4ClN3O.C3H6ClN3O.C2H3ClO.CH5N3O.CH4.ClH/c8-7-10-9-6(12-7)5-11-3-1-2-4-11;1-2-4-5-3-1;4-1-2-6-7-3(5)8-2;4-1-2-6-7-3(5)8;3-1-2-4;2-1(5)4-3;;/h1-5H2,(H2,8,10);5H,1-4H2;1H2,(H2,5,7);2H,1H2,(H3,5,7,8);2H,1H2;3H2,(H3,2,4,5);1H4;1H/b;;;6-2+;;;;. The number of urea groups is 2. The minimum Gasteiger partial charge on any atom is -0.407 e. The van der Waals surface area contributed by atoms with Gasteiger partial charge in [0.1, 0.15) is 12.2 Å². The molecule has 13 N–H and O–H groups in total. The van der Waals surface area contributed by atoms with Gasteiger partial charge in [0.15, 0.2) is 0 Å². The van der Waals surface area contributed by atoms with Crippen LogP contribution in [0, 0.1) is 0 Å². The molecule has 4 rings (SSSR count). The molecule has 2 fully saturated rings. The van der Waals surface area contributed by atoms with Crippen LogP contribution in [0.1, 0.15) is 44.9 Å². The second kappa shape index (κ2) is 34.3. The molecule has 23 heteroatoms. The smallest absolute Gasteiger partial charge is 0.332 e. The molecule has 0 saturated carbocycles. The van der Waals surface area contributed by atoms with Crippen molar-refractivity contribution in [3.63, 3.8) is 0 Å². The van der Waals surface area contributed by atoms with Crippen molar-refractivity contribution in [1.82, 2.24) is 41.5 Å². The molecule has 256 valence electrons. The molecule has 0 spiro atoms. The number of rotatable bonds is 6. The Hall–Kier alpha value is -3.20. The lowest BCUT2D eigenvalue weighted by atomic mass is 10.4. The van der Waals surface area contributed by atoms with Crippen LogP contribution in [0.2, 0.25) is 0 Å². The average Bonchev–Trinajstić information content (AvgIpc) is 3.81. The summed E-state index contributed by atoms with van der Waals surface area (Å²) in [6.07, 6.45) is 7.28. The number of hydrazine groups is 1. The van der Waals surface area contributed by atoms with Crippen LogP contribution < -0.4 is 44.9 Å². The highest BCUT2D eigenvalue weighted by molar-refractivity contribution is 6.24. The van der Waals surface area contributed by atoms with Crippen LogP contribution in [0.3, 0.4) is 0 Å². The highest BCUT2D eigenvalue weighted by Crippen LogP contribution is 2.11. The molecule has 0 aromatic carbocycles. The van der Waals surface area contributed by atoms with Gasteiger partial charge >= 0.3 is 24.1 Å². The zero-order chi connectivity index (χ0) is 32.0. The highest BCUT2D eigenvalue weighted by atomic mass is 35.5. The number of aromatic nitrogens is 4. The third-order valence-electron chi connectivity index (χ3n) is 4.13. The number of anilines is 2. The molecule has 44 heavy (non-hydrogen) atoms. The molecule has 0 bridgehead atoms. The largest absolute Gasteiger partial charge is 0.407 e. The number of nitrogens with two attached hydrogens (primary N) is 5. The quantitative estimate of drug-likeness (QED) is 0.0515. The van der Waals surface area contributed by atoms with E-state index < -0.39 is 12.1 Å². The van der Waals surface area contributed by atoms with Gasteiger partial charge in [-0.15, -0.1) is 57.4 Å². The maximum absolute atomic E-state index is 9.83. The van der Waals surface area contributed by atoms with Crippen molar-refractivity contribution in [1.29, 1.82) is 0 Å². The molecule has 2 aliphatic rings. The van der Waals surface area contributed by atoms with E-state index in [1.807, 2.05) is 5.43 Å². The summed E-state index contributed by atoms with van der Waals surface area (Å²) in [4.78, 5) is 30.5. The summed E-state index contributed by atoms with van der Waals surface area (Å²) in [6.45, 7) is 5.49. The Morgan fingerprint density at radius 2 is 1.39 bits per heavy atom. The molecule has 2 aromatic rings. The zero-order valence-electron chi connectivity index (χ0n) is 23.3. The molecule has 0 aliphatic carbocycles. The van der Waals surface area contributed by atoms with Crippen LogP contribution in [-0.4, -0.2) is 87.8 Å². The molecule has 0 radical (unpaired) electrons. The van der Waals surface area contributed by atoms with Crippen LogP contribution in [0.5, 0.6) is 0 Å². The summed E-state index contributed by atoms with van der Waals surface area (Å²) >= 11 is 15.2. The molecule has 2 saturated heterocycles. The fourth-order valence-corrected chi connectivity index (χ4v) is 2.73. The van der Waals surface area contributed by atoms with E-state index in [1.54, 1.807) is 5.43 Å². The van der Waals surface area contributed by atoms with Gasteiger partial charge in [-0.2, -0.15) is 5.10 Å². The van der Waals surface area contributed by atoms with Crippen LogP contribution in [0.4, 0.5) is 21.6 Å². The van der Waals surface area contributed by atoms with E-state index in [0.717, 1.165) is 19.6 Å². The van der Waals surface area contributed by atoms with Gasteiger partial charge in [0.25, 0.3) is 0 Å². The van der Waals surface area contributed by atoms with Crippen molar-refractivity contribution in [2.45, 2.75) is 45.5 Å². The third-order valence-corrected chi connectivity index (χ3v) is 4.63. The van der Waals surface area contributed by atoms with Gasteiger partial charge in [-0.25, -0.2) is 20.9 Å². The number of halogens is 4. The second-order valence-electron chi connectivity index (χ2n) is 7.41. The van der Waals surface area contributed by atoms with E-state index in [9.17, 15) is 9.59 Å². The summed E-state index contributed by atoms with van der Waals surface area (Å²) in [5.41, 5.74) is 23.0. The van der Waals surface area contributed by atoms with Crippen LogP contribution in [0.25, 0.3) is 0 Å². The van der Waals surface area contributed by atoms with E-state index in [0.29, 0.717) is 18.1 Å². The number of likely N-dealkylation sites (tertiary alicyclic amines) is 1. The number of carbonyl (C=O) groups is 3. The SMILES string of the molecule is C.C1CCNC1.Cl.NC(=O)N/N=C/CCl.NNC(N)=O.Nc1nnc(CCl)o1.Nc1nnc(CN2CCCC2)o1.O=CCCl. The summed E-state index contributed by atoms with van der Waals surface area (Å²) in [6, 6.07) is -1.19. The molecule has 0 unspecified atom stereocenters. The van der Waals surface area contributed by atoms with Gasteiger partial charge in [0.05, 0.1) is 18.3 Å². The van der Waals surface area contributed by atoms with Gasteiger partial charge in [-0.3, -0.25) is 10.3 Å². The number of amides is 4. The number of nitrogen functional groups attached to an aromatic ring is 2. The molecular weight excluding hydrogens is 670 g/mol. The molecular formula is C21H44Cl4N14O5. The minimum absolute atomic E-state index is 0. The van der Waals surface area contributed by atoms with E-state index in [2.05, 4.69) is 57.4 Å². The van der Waals surface area contributed by atoms with Gasteiger partial charge in [0, 0.05) is 6.21 Å². The fourth-order valence-electron chi connectivity index (χ4n) is 2.55. The first-order chi connectivity index (χ1) is 20.1. The predicted molar refractivity (Wildman–Crippen MR) is 173 cm³/mol. The van der Waals surface area contributed by atoms with E-state index in [4.69, 9.17) is 55.5 Å². The lowest BCUT2D eigenvalue weighted by molar-refractivity contribution is -0.105. The van der Waals surface area contributed by atoms with Gasteiger partial charge in [-0.1, -0.05) is 17.6 Å². The molecule has 19 nitrogen and oxygen atoms in total. The summed E-state index contributed by atoms with van der Waals surface area (Å²) in [5.74, 6) is 6.01. The number of carbonyl (C=O) groups excluding carboxylic acids is 3. The minimum atomic E-state index is -0.718. The average molecular weight is 714 g/mol. The number of hydrazone groups is 1. The monoisotopic (exact) mass is 712 g/mol. The lowest BCUT2D eigenvalue weighted by Gasteiger charge is -2.09. The molecule has 2 aromatic heterocycles. The first kappa shape index (κ1) is 47.7. The normalized spacial score (nSPS) is 12.6. The number of nitrogens with one attached hydrogen (secondary N) is 3. The van der Waals surface area contributed by atoms with E-state index >= 15 is 0 Å². The van der Waals surface area contributed by atoms with Crippen molar-refractivity contribution in [2.24, 2.45) is 22.4 Å². The van der Waals surface area contributed by atoms with Crippen LogP contribution >= 0.6 is 47.2 Å². The van der Waals surface area contributed by atoms with Gasteiger partial charge in [-0.05, 0) is 51.9 Å². The lowest BCUT2D eigenvalue weighted by Crippen LogP contribution is -2.34. The Labute approximate surface area is 277 Å². The third kappa shape index (κ3) is 33.3. The Kier molecular flexibility index (Phi) is 37.2. The van der Waals surface area contributed by atoms with E-state index in [-0.39, 0.29) is 49.5 Å². The Balaban J connectivity index is -0.000000226. The molecule has 0 atom stereocenters. The number of alkyl halides is 3. The maximum Gasteiger partial charge on any atom is 0.332 e. The topological polar surface area (TPSA) is 311 Å². The van der Waals surface area contributed by atoms with Crippen molar-refractivity contribution >= 4 is 83.8 Å². The first-order valence-corrected chi connectivity index (χ1v) is 13.8. The maximum atomic E-state index is 9.83. The van der Waals surface area contributed by atoms with Crippen molar-refractivity contribution in [3.8, 4) is 0 Å². The molecule has 4 amide bonds. The number of nitrogens with zero attached hydrogens (tertiary/aromatic N) is 6. The van der Waals surface area contributed by atoms with E-state index in [1.165, 1.54) is 45.0 Å². The summed E-state index contributed by atoms with van der Waals surface area (Å²) < 4.78 is 9.72. The van der Waals surface area contributed by atoms with Crippen molar-refractivity contribution < 1.29 is 23.2 Å². The number of hydrogen-bond acceptors (Lipinski definition) is 15. The number of primary amides is 2. The first-order valence-electron chi connectivity index (χ1n) is 12.2. The summed E-state index contributed by atoms with van der Waals surface area (Å²) in [5, 5.41) is 20.7. The highest BCUT2D eigenvalue weighted by Gasteiger charge is 2.14.